The molecule has 1 aromatic heterocycles. The van der Waals surface area contributed by atoms with Gasteiger partial charge in [0.1, 0.15) is 28.6 Å². The molecule has 1 fully saturated rings. The largest absolute Gasteiger partial charge is 0.508 e. The molecule has 0 unspecified atom stereocenters. The third-order valence-corrected chi connectivity index (χ3v) is 6.79. The van der Waals surface area contributed by atoms with Crippen LogP contribution in [0.3, 0.4) is 0 Å². The summed E-state index contributed by atoms with van der Waals surface area (Å²) in [6, 6.07) is 16.2. The number of methoxy groups -OCH3 is 2. The first-order chi connectivity index (χ1) is 17.3. The van der Waals surface area contributed by atoms with E-state index < -0.39 is 23.1 Å². The predicted molar refractivity (Wildman–Crippen MR) is 130 cm³/mol. The van der Waals surface area contributed by atoms with Crippen LogP contribution in [0.4, 0.5) is 0 Å². The van der Waals surface area contributed by atoms with Crippen molar-refractivity contribution in [2.24, 2.45) is 5.92 Å². The Hall–Kier alpha value is -4.46. The molecular formula is C28H24O8. The minimum atomic E-state index is -1.21. The highest BCUT2D eigenvalue weighted by atomic mass is 16.6. The summed E-state index contributed by atoms with van der Waals surface area (Å²) >= 11 is 0. The zero-order valence-corrected chi connectivity index (χ0v) is 19.6. The summed E-state index contributed by atoms with van der Waals surface area (Å²) in [7, 11) is 2.85. The third-order valence-electron chi connectivity index (χ3n) is 6.79. The van der Waals surface area contributed by atoms with E-state index in [1.165, 1.54) is 20.3 Å². The summed E-state index contributed by atoms with van der Waals surface area (Å²) < 4.78 is 22.3. The number of fused-ring (bicyclic) bond motifs is 1. The Morgan fingerprint density at radius 2 is 1.58 bits per heavy atom. The Labute approximate surface area is 206 Å². The van der Waals surface area contributed by atoms with Crippen LogP contribution >= 0.6 is 0 Å². The lowest BCUT2D eigenvalue weighted by Crippen LogP contribution is -2.62. The number of ether oxygens (including phenoxy) is 3. The number of rotatable bonds is 6. The van der Waals surface area contributed by atoms with Gasteiger partial charge < -0.3 is 28.8 Å². The van der Waals surface area contributed by atoms with Gasteiger partial charge in [0.2, 0.25) is 5.76 Å². The number of aromatic hydroxyl groups is 2. The van der Waals surface area contributed by atoms with E-state index >= 15 is 0 Å². The first-order valence-electron chi connectivity index (χ1n) is 11.3. The Bertz CT molecular complexity index is 1400. The molecule has 1 aliphatic carbocycles. The normalized spacial score (nSPS) is 24.9. The minimum absolute atomic E-state index is 0.0861. The maximum Gasteiger partial charge on any atom is 0.374 e. The van der Waals surface area contributed by atoms with Crippen LogP contribution in [0.25, 0.3) is 6.08 Å². The molecule has 1 saturated carbocycles. The van der Waals surface area contributed by atoms with Crippen LogP contribution in [0.15, 0.2) is 87.8 Å². The van der Waals surface area contributed by atoms with E-state index in [-0.39, 0.29) is 29.1 Å². The number of esters is 1. The molecule has 0 radical (unpaired) electrons. The molecule has 184 valence electrons. The van der Waals surface area contributed by atoms with Crippen molar-refractivity contribution in [3.63, 3.8) is 0 Å². The van der Waals surface area contributed by atoms with Crippen molar-refractivity contribution in [3.8, 4) is 17.2 Å². The Kier molecular flexibility index (Phi) is 5.80. The van der Waals surface area contributed by atoms with E-state index in [4.69, 9.17) is 18.6 Å². The average Bonchev–Trinajstić information content (AvgIpc) is 2.86. The first-order valence-corrected chi connectivity index (χ1v) is 11.3. The molecular weight excluding hydrogens is 464 g/mol. The van der Waals surface area contributed by atoms with Gasteiger partial charge in [-0.15, -0.1) is 0 Å². The van der Waals surface area contributed by atoms with Gasteiger partial charge in [-0.05, 0) is 47.5 Å². The zero-order valence-electron chi connectivity index (χ0n) is 19.6. The molecule has 0 bridgehead atoms. The summed E-state index contributed by atoms with van der Waals surface area (Å²) in [5.74, 6) is -0.939. The number of hydrogen-bond acceptors (Lipinski definition) is 8. The number of benzene rings is 2. The first kappa shape index (κ1) is 23.3. The zero-order chi connectivity index (χ0) is 25.4. The standard InChI is InChI=1S/C28H24O8/c1-33-20-13-22(35-24(31)14-20)26-25(17-5-9-19(30)10-6-17)21-15-23(34-2)27(32)36-28(21,26)12-11-16-3-7-18(29)8-4-16/h3-15,21,25-26,29-30H,1-2H3/b12-11+/t21-,25+,26-,28-/m1/s1. The van der Waals surface area contributed by atoms with Gasteiger partial charge in [0.15, 0.2) is 0 Å². The van der Waals surface area contributed by atoms with Crippen molar-refractivity contribution < 1.29 is 33.6 Å². The molecule has 2 aliphatic rings. The van der Waals surface area contributed by atoms with Crippen LogP contribution in [0.2, 0.25) is 0 Å². The average molecular weight is 488 g/mol. The van der Waals surface area contributed by atoms with Crippen LogP contribution in [-0.2, 0) is 14.3 Å². The molecule has 5 rings (SSSR count). The smallest absolute Gasteiger partial charge is 0.374 e. The lowest BCUT2D eigenvalue weighted by molar-refractivity contribution is -0.181. The van der Waals surface area contributed by atoms with E-state index in [9.17, 15) is 19.8 Å². The van der Waals surface area contributed by atoms with Gasteiger partial charge in [0.25, 0.3) is 0 Å². The number of hydrogen-bond donors (Lipinski definition) is 2. The van der Waals surface area contributed by atoms with E-state index in [0.29, 0.717) is 11.5 Å². The van der Waals surface area contributed by atoms with Crippen molar-refractivity contribution in [1.82, 2.24) is 0 Å². The van der Waals surface area contributed by atoms with Crippen LogP contribution in [0, 0.1) is 5.92 Å². The molecule has 4 atom stereocenters. The topological polar surface area (TPSA) is 115 Å². The number of carbonyl (C=O) groups is 1. The van der Waals surface area contributed by atoms with Gasteiger partial charge in [-0.3, -0.25) is 0 Å². The Balaban J connectivity index is 1.70. The SMILES string of the molecule is COC1=C[C@@H]2[C@H](c3ccc(O)cc3)[C@@H](c3cc(OC)cc(=O)o3)[C@]2(/C=C/c2ccc(O)cc2)OC1=O. The molecule has 2 heterocycles. The third kappa shape index (κ3) is 3.90. The molecule has 8 nitrogen and oxygen atoms in total. The van der Waals surface area contributed by atoms with Crippen molar-refractivity contribution in [1.29, 1.82) is 0 Å². The molecule has 36 heavy (non-hydrogen) atoms. The van der Waals surface area contributed by atoms with Crippen molar-refractivity contribution in [3.05, 3.63) is 106 Å². The van der Waals surface area contributed by atoms with Crippen LogP contribution in [0.1, 0.15) is 28.7 Å². The summed E-state index contributed by atoms with van der Waals surface area (Å²) in [6.07, 6.45) is 5.31. The fourth-order valence-electron chi connectivity index (χ4n) is 5.12. The lowest BCUT2D eigenvalue weighted by atomic mass is 9.49. The highest BCUT2D eigenvalue weighted by Crippen LogP contribution is 2.65. The predicted octanol–water partition coefficient (Wildman–Crippen LogP) is 4.10. The van der Waals surface area contributed by atoms with Crippen molar-refractivity contribution in [2.45, 2.75) is 17.4 Å². The molecule has 2 N–H and O–H groups in total. The molecule has 0 spiro atoms. The Morgan fingerprint density at radius 1 is 0.917 bits per heavy atom. The summed E-state index contributed by atoms with van der Waals surface area (Å²) in [5, 5.41) is 19.5. The van der Waals surface area contributed by atoms with Crippen molar-refractivity contribution in [2.75, 3.05) is 14.2 Å². The van der Waals surface area contributed by atoms with Gasteiger partial charge in [-0.25, -0.2) is 9.59 Å². The number of carbonyl (C=O) groups excluding carboxylic acids is 1. The molecule has 1 aliphatic heterocycles. The van der Waals surface area contributed by atoms with E-state index in [1.807, 2.05) is 0 Å². The maximum atomic E-state index is 12.9. The molecule has 2 aromatic carbocycles. The maximum absolute atomic E-state index is 12.9. The van der Waals surface area contributed by atoms with Gasteiger partial charge in [-0.1, -0.05) is 30.3 Å². The molecule has 0 saturated heterocycles. The second kappa shape index (κ2) is 8.96. The summed E-state index contributed by atoms with van der Waals surface area (Å²) in [6.45, 7) is 0. The van der Waals surface area contributed by atoms with Crippen molar-refractivity contribution >= 4 is 12.0 Å². The van der Waals surface area contributed by atoms with Crippen LogP contribution in [0.5, 0.6) is 17.2 Å². The second-order valence-corrected chi connectivity index (χ2v) is 8.74. The van der Waals surface area contributed by atoms with E-state index in [2.05, 4.69) is 0 Å². The molecule has 8 heteroatoms. The summed E-state index contributed by atoms with van der Waals surface area (Å²) in [4.78, 5) is 25.3. The van der Waals surface area contributed by atoms with Gasteiger partial charge in [0, 0.05) is 17.9 Å². The fourth-order valence-corrected chi connectivity index (χ4v) is 5.12. The summed E-state index contributed by atoms with van der Waals surface area (Å²) in [5.41, 5.74) is -0.170. The monoisotopic (exact) mass is 488 g/mol. The van der Waals surface area contributed by atoms with Gasteiger partial charge >= 0.3 is 11.6 Å². The fraction of sp³-hybridized carbons (Fsp3) is 0.214. The van der Waals surface area contributed by atoms with E-state index in [1.54, 1.807) is 72.8 Å². The number of phenolic OH excluding ortho intramolecular Hbond substituents is 2. The van der Waals surface area contributed by atoms with Gasteiger partial charge in [-0.2, -0.15) is 0 Å². The molecule has 0 amide bonds. The quantitative estimate of drug-likeness (QED) is 0.499. The van der Waals surface area contributed by atoms with Crippen LogP contribution < -0.4 is 10.4 Å². The highest BCUT2D eigenvalue weighted by molar-refractivity contribution is 5.88. The highest BCUT2D eigenvalue weighted by Gasteiger charge is 2.66. The molecule has 3 aromatic rings. The second-order valence-electron chi connectivity index (χ2n) is 8.74. The van der Waals surface area contributed by atoms with E-state index in [0.717, 1.165) is 11.1 Å². The van der Waals surface area contributed by atoms with Crippen LogP contribution in [-0.4, -0.2) is 36.0 Å². The number of phenols is 2. The lowest BCUT2D eigenvalue weighted by Gasteiger charge is -2.59. The Morgan fingerprint density at radius 3 is 2.22 bits per heavy atom. The van der Waals surface area contributed by atoms with Gasteiger partial charge in [0.05, 0.1) is 26.2 Å². The minimum Gasteiger partial charge on any atom is -0.508 e.